The third kappa shape index (κ3) is 4.74. The Morgan fingerprint density at radius 3 is 2.63 bits per heavy atom. The lowest BCUT2D eigenvalue weighted by Gasteiger charge is -2.14. The zero-order valence-corrected chi connectivity index (χ0v) is 17.5. The molecule has 6 nitrogen and oxygen atoms in total. The molecular formula is C23H23N3O3S. The molecule has 2 aromatic carbocycles. The minimum Gasteiger partial charge on any atom is -0.457 e. The van der Waals surface area contributed by atoms with Crippen LogP contribution in [-0.4, -0.2) is 21.2 Å². The monoisotopic (exact) mass is 421 g/mol. The van der Waals surface area contributed by atoms with Gasteiger partial charge in [0.25, 0.3) is 5.56 Å². The van der Waals surface area contributed by atoms with E-state index in [4.69, 9.17) is 4.74 Å². The van der Waals surface area contributed by atoms with Crippen molar-refractivity contribution in [3.8, 4) is 11.5 Å². The Morgan fingerprint density at radius 2 is 1.90 bits per heavy atom. The van der Waals surface area contributed by atoms with Crippen LogP contribution >= 0.6 is 11.8 Å². The molecule has 0 saturated carbocycles. The lowest BCUT2D eigenvalue weighted by Crippen LogP contribution is -2.27. The van der Waals surface area contributed by atoms with Gasteiger partial charge in [-0.1, -0.05) is 43.3 Å². The molecule has 0 fully saturated rings. The van der Waals surface area contributed by atoms with Crippen LogP contribution in [0.15, 0.2) is 70.6 Å². The van der Waals surface area contributed by atoms with Crippen molar-refractivity contribution in [3.05, 3.63) is 76.7 Å². The van der Waals surface area contributed by atoms with Gasteiger partial charge in [0.1, 0.15) is 11.5 Å². The van der Waals surface area contributed by atoms with E-state index in [0.717, 1.165) is 24.3 Å². The number of aromatic nitrogens is 2. The molecule has 1 N–H and O–H groups in total. The summed E-state index contributed by atoms with van der Waals surface area (Å²) in [6, 6.07) is 18.2. The highest BCUT2D eigenvalue weighted by Gasteiger charge is 2.27. The number of hydrogen-bond donors (Lipinski definition) is 1. The largest absolute Gasteiger partial charge is 0.457 e. The van der Waals surface area contributed by atoms with E-state index in [9.17, 15) is 9.59 Å². The molecule has 1 aliphatic rings. The van der Waals surface area contributed by atoms with Crippen LogP contribution in [0.2, 0.25) is 0 Å². The Hall–Kier alpha value is -3.06. The van der Waals surface area contributed by atoms with Gasteiger partial charge in [-0.2, -0.15) is 0 Å². The Balaban J connectivity index is 1.37. The lowest BCUT2D eigenvalue weighted by atomic mass is 10.2. The first kappa shape index (κ1) is 20.2. The first-order chi connectivity index (χ1) is 14.6. The van der Waals surface area contributed by atoms with E-state index in [2.05, 4.69) is 17.2 Å². The molecule has 154 valence electrons. The van der Waals surface area contributed by atoms with Gasteiger partial charge < -0.3 is 10.1 Å². The van der Waals surface area contributed by atoms with Crippen molar-refractivity contribution >= 4 is 23.4 Å². The third-order valence-electron chi connectivity index (χ3n) is 4.79. The van der Waals surface area contributed by atoms with Gasteiger partial charge in [-0.15, -0.1) is 0 Å². The normalized spacial score (nSPS) is 14.9. The first-order valence-electron chi connectivity index (χ1n) is 10.0. The number of amides is 1. The Bertz CT molecular complexity index is 1080. The predicted molar refractivity (Wildman–Crippen MR) is 118 cm³/mol. The SMILES string of the molecule is CCCc1cc(=O)n2c(n1)SCC2CC(=O)Nc1ccc(Oc2ccccc2)cc1. The fourth-order valence-electron chi connectivity index (χ4n) is 3.39. The van der Waals surface area contributed by atoms with Crippen LogP contribution in [0.4, 0.5) is 5.69 Å². The van der Waals surface area contributed by atoms with Crippen LogP contribution in [0.25, 0.3) is 0 Å². The number of carbonyl (C=O) groups is 1. The maximum Gasteiger partial charge on any atom is 0.254 e. The molecule has 30 heavy (non-hydrogen) atoms. The van der Waals surface area contributed by atoms with Gasteiger partial charge in [0.15, 0.2) is 5.16 Å². The van der Waals surface area contributed by atoms with Crippen LogP contribution in [0, 0.1) is 0 Å². The molecule has 7 heteroatoms. The number of rotatable bonds is 7. The Morgan fingerprint density at radius 1 is 1.17 bits per heavy atom. The molecule has 0 saturated heterocycles. The van der Waals surface area contributed by atoms with E-state index in [0.29, 0.717) is 22.3 Å². The fourth-order valence-corrected chi connectivity index (χ4v) is 4.56. The maximum atomic E-state index is 12.5. The van der Waals surface area contributed by atoms with Gasteiger partial charge in [-0.25, -0.2) is 4.98 Å². The van der Waals surface area contributed by atoms with Gasteiger partial charge >= 0.3 is 0 Å². The fraction of sp³-hybridized carbons (Fsp3) is 0.261. The zero-order valence-electron chi connectivity index (χ0n) is 16.7. The number of thioether (sulfide) groups is 1. The third-order valence-corrected chi connectivity index (χ3v) is 5.88. The van der Waals surface area contributed by atoms with E-state index >= 15 is 0 Å². The van der Waals surface area contributed by atoms with Gasteiger partial charge in [-0.3, -0.25) is 14.2 Å². The summed E-state index contributed by atoms with van der Waals surface area (Å²) in [6.45, 7) is 2.06. The van der Waals surface area contributed by atoms with Gasteiger partial charge in [0.05, 0.1) is 6.04 Å². The number of nitrogens with zero attached hydrogens (tertiary/aromatic N) is 2. The van der Waals surface area contributed by atoms with Crippen LogP contribution in [-0.2, 0) is 11.2 Å². The minimum absolute atomic E-state index is 0.0753. The lowest BCUT2D eigenvalue weighted by molar-refractivity contribution is -0.116. The van der Waals surface area contributed by atoms with Gasteiger partial charge in [0.2, 0.25) is 5.91 Å². The first-order valence-corrected chi connectivity index (χ1v) is 11.0. The number of benzene rings is 2. The average Bonchev–Trinajstić information content (AvgIpc) is 3.13. The van der Waals surface area contributed by atoms with Crippen molar-refractivity contribution in [2.75, 3.05) is 11.1 Å². The highest BCUT2D eigenvalue weighted by Crippen LogP contribution is 2.32. The van der Waals surface area contributed by atoms with Crippen LogP contribution in [0.5, 0.6) is 11.5 Å². The van der Waals surface area contributed by atoms with Crippen molar-refractivity contribution in [2.45, 2.75) is 37.4 Å². The molecular weight excluding hydrogens is 398 g/mol. The van der Waals surface area contributed by atoms with Crippen LogP contribution in [0.3, 0.4) is 0 Å². The van der Waals surface area contributed by atoms with E-state index in [1.54, 1.807) is 22.8 Å². The minimum atomic E-state index is -0.179. The summed E-state index contributed by atoms with van der Waals surface area (Å²) in [4.78, 5) is 29.6. The Kier molecular flexibility index (Phi) is 6.18. The summed E-state index contributed by atoms with van der Waals surface area (Å²) in [5.41, 5.74) is 1.44. The number of anilines is 1. The number of hydrogen-bond acceptors (Lipinski definition) is 5. The molecule has 1 aliphatic heterocycles. The van der Waals surface area contributed by atoms with Crippen molar-refractivity contribution in [2.24, 2.45) is 0 Å². The second kappa shape index (κ2) is 9.17. The number of para-hydroxylation sites is 1. The number of carbonyl (C=O) groups excluding carboxylic acids is 1. The quantitative estimate of drug-likeness (QED) is 0.562. The molecule has 1 amide bonds. The van der Waals surface area contributed by atoms with E-state index in [1.165, 1.54) is 11.8 Å². The molecule has 4 rings (SSSR count). The number of fused-ring (bicyclic) bond motifs is 1. The smallest absolute Gasteiger partial charge is 0.254 e. The second-order valence-corrected chi connectivity index (χ2v) is 8.13. The summed E-state index contributed by atoms with van der Waals surface area (Å²) in [7, 11) is 0. The summed E-state index contributed by atoms with van der Waals surface area (Å²) in [5.74, 6) is 2.00. The molecule has 0 spiro atoms. The van der Waals surface area contributed by atoms with Crippen molar-refractivity contribution < 1.29 is 9.53 Å². The topological polar surface area (TPSA) is 73.2 Å². The number of nitrogens with one attached hydrogen (secondary N) is 1. The molecule has 3 aromatic rings. The average molecular weight is 422 g/mol. The standard InChI is InChI=1S/C23H23N3O3S/c1-2-6-17-13-22(28)26-18(15-30-23(26)25-17)14-21(27)24-16-9-11-20(12-10-16)29-19-7-4-3-5-8-19/h3-5,7-13,18H,2,6,14-15H2,1H3,(H,24,27). The highest BCUT2D eigenvalue weighted by atomic mass is 32.2. The zero-order chi connectivity index (χ0) is 20.9. The summed E-state index contributed by atoms with van der Waals surface area (Å²) in [6.07, 6.45) is 1.97. The molecule has 0 bridgehead atoms. The summed E-state index contributed by atoms with van der Waals surface area (Å²) in [5, 5.41) is 3.62. The van der Waals surface area contributed by atoms with E-state index in [-0.39, 0.29) is 23.9 Å². The van der Waals surface area contributed by atoms with Crippen LogP contribution in [0.1, 0.15) is 31.5 Å². The van der Waals surface area contributed by atoms with Crippen LogP contribution < -0.4 is 15.6 Å². The van der Waals surface area contributed by atoms with Gasteiger partial charge in [0, 0.05) is 29.6 Å². The van der Waals surface area contributed by atoms with Crippen molar-refractivity contribution in [3.63, 3.8) is 0 Å². The van der Waals surface area contributed by atoms with Gasteiger partial charge in [-0.05, 0) is 42.8 Å². The van der Waals surface area contributed by atoms with E-state index in [1.807, 2.05) is 42.5 Å². The van der Waals surface area contributed by atoms with Crippen molar-refractivity contribution in [1.29, 1.82) is 0 Å². The van der Waals surface area contributed by atoms with E-state index < -0.39 is 0 Å². The summed E-state index contributed by atoms with van der Waals surface area (Å²) >= 11 is 1.54. The highest BCUT2D eigenvalue weighted by molar-refractivity contribution is 7.99. The molecule has 0 aliphatic carbocycles. The number of ether oxygens (including phenoxy) is 1. The predicted octanol–water partition coefficient (Wildman–Crippen LogP) is 4.66. The molecule has 1 unspecified atom stereocenters. The Labute approximate surface area is 179 Å². The second-order valence-electron chi connectivity index (χ2n) is 7.14. The molecule has 2 heterocycles. The molecule has 0 radical (unpaired) electrons. The maximum absolute atomic E-state index is 12.5. The molecule has 1 atom stereocenters. The molecule has 1 aromatic heterocycles. The number of aryl methyl sites for hydroxylation is 1. The van der Waals surface area contributed by atoms with Crippen molar-refractivity contribution in [1.82, 2.24) is 9.55 Å². The summed E-state index contributed by atoms with van der Waals surface area (Å²) < 4.78 is 7.42.